The Morgan fingerprint density at radius 3 is 2.46 bits per heavy atom. The van der Waals surface area contributed by atoms with Gasteiger partial charge in [0.1, 0.15) is 5.82 Å². The van der Waals surface area contributed by atoms with Crippen LogP contribution >= 0.6 is 11.8 Å². The van der Waals surface area contributed by atoms with Gasteiger partial charge in [-0.05, 0) is 11.6 Å². The highest BCUT2D eigenvalue weighted by Crippen LogP contribution is 2.31. The molecule has 3 nitrogen and oxygen atoms in total. The number of nitrogens with zero attached hydrogens (tertiary/aromatic N) is 2. The first-order chi connectivity index (χ1) is 11.4. The predicted molar refractivity (Wildman–Crippen MR) is 88.4 cm³/mol. The zero-order valence-corrected chi connectivity index (χ0v) is 13.1. The van der Waals surface area contributed by atoms with E-state index in [-0.39, 0.29) is 10.7 Å². The third-order valence-electron chi connectivity index (χ3n) is 2.92. The molecular formula is C16H13F4N3S. The minimum atomic E-state index is -4.76. The Morgan fingerprint density at radius 2 is 1.79 bits per heavy atom. The molecule has 2 aromatic carbocycles. The standard InChI is InChI=1S/C16H13F4N3S/c17-14-12(7-4-8-13(14)16(18,19)20)9-22-23-15(21)24-10-11-5-2-1-3-6-11/h1-9H,10H2,(H2,21,23). The maximum absolute atomic E-state index is 13.8. The largest absolute Gasteiger partial charge is 0.419 e. The van der Waals surface area contributed by atoms with Crippen LogP contribution in [0.2, 0.25) is 0 Å². The molecule has 0 aliphatic carbocycles. The molecule has 0 unspecified atom stereocenters. The average Bonchev–Trinajstić information content (AvgIpc) is 2.54. The average molecular weight is 355 g/mol. The summed E-state index contributed by atoms with van der Waals surface area (Å²) in [5, 5.41) is 7.32. The molecule has 2 rings (SSSR count). The Balaban J connectivity index is 2.03. The highest BCUT2D eigenvalue weighted by atomic mass is 32.2. The van der Waals surface area contributed by atoms with Crippen molar-refractivity contribution in [2.75, 3.05) is 0 Å². The van der Waals surface area contributed by atoms with E-state index in [9.17, 15) is 17.6 Å². The van der Waals surface area contributed by atoms with E-state index < -0.39 is 17.6 Å². The molecule has 2 N–H and O–H groups in total. The molecule has 0 aliphatic heterocycles. The summed E-state index contributed by atoms with van der Waals surface area (Å²) in [5.74, 6) is -0.816. The molecule has 0 spiro atoms. The number of alkyl halides is 3. The van der Waals surface area contributed by atoms with Gasteiger partial charge in [0, 0.05) is 11.3 Å². The maximum atomic E-state index is 13.8. The van der Waals surface area contributed by atoms with Crippen LogP contribution in [0.4, 0.5) is 17.6 Å². The summed E-state index contributed by atoms with van der Waals surface area (Å²) in [4.78, 5) is 0. The Bertz CT molecular complexity index is 743. The molecular weight excluding hydrogens is 342 g/mol. The van der Waals surface area contributed by atoms with Crippen LogP contribution in [0.5, 0.6) is 0 Å². The molecule has 0 heterocycles. The van der Waals surface area contributed by atoms with Crippen LogP contribution in [-0.2, 0) is 11.9 Å². The summed E-state index contributed by atoms with van der Waals surface area (Å²) in [7, 11) is 0. The van der Waals surface area contributed by atoms with Crippen LogP contribution in [-0.4, -0.2) is 11.4 Å². The maximum Gasteiger partial charge on any atom is 0.419 e. The summed E-state index contributed by atoms with van der Waals surface area (Å²) in [6.45, 7) is 0. The van der Waals surface area contributed by atoms with E-state index in [0.717, 1.165) is 17.8 Å². The van der Waals surface area contributed by atoms with Crippen LogP contribution in [0.3, 0.4) is 0 Å². The number of halogens is 4. The SMILES string of the molecule is NC(=NN=Cc1cccc(C(F)(F)F)c1F)SCc1ccccc1. The lowest BCUT2D eigenvalue weighted by molar-refractivity contribution is -0.140. The molecule has 0 saturated heterocycles. The lowest BCUT2D eigenvalue weighted by Gasteiger charge is -2.08. The molecule has 126 valence electrons. The van der Waals surface area contributed by atoms with E-state index in [2.05, 4.69) is 10.2 Å². The van der Waals surface area contributed by atoms with Crippen molar-refractivity contribution in [2.45, 2.75) is 11.9 Å². The topological polar surface area (TPSA) is 50.7 Å². The van der Waals surface area contributed by atoms with E-state index in [1.807, 2.05) is 30.3 Å². The van der Waals surface area contributed by atoms with Gasteiger partial charge < -0.3 is 5.73 Å². The molecule has 24 heavy (non-hydrogen) atoms. The lowest BCUT2D eigenvalue weighted by atomic mass is 10.1. The van der Waals surface area contributed by atoms with E-state index in [1.165, 1.54) is 17.8 Å². The first-order valence-electron chi connectivity index (χ1n) is 6.77. The molecule has 0 saturated carbocycles. The quantitative estimate of drug-likeness (QED) is 0.382. The highest BCUT2D eigenvalue weighted by Gasteiger charge is 2.34. The number of hydrogen-bond donors (Lipinski definition) is 1. The number of hydrogen-bond acceptors (Lipinski definition) is 3. The van der Waals surface area contributed by atoms with Crippen LogP contribution in [0.25, 0.3) is 0 Å². The van der Waals surface area contributed by atoms with Gasteiger partial charge in [0.2, 0.25) is 0 Å². The van der Waals surface area contributed by atoms with Crippen LogP contribution in [0.1, 0.15) is 16.7 Å². The molecule has 0 bridgehead atoms. The molecule has 0 amide bonds. The zero-order chi connectivity index (χ0) is 17.6. The van der Waals surface area contributed by atoms with Gasteiger partial charge in [-0.25, -0.2) is 4.39 Å². The molecule has 0 fully saturated rings. The summed E-state index contributed by atoms with van der Waals surface area (Å²) in [6.07, 6.45) is -3.86. The first-order valence-corrected chi connectivity index (χ1v) is 7.75. The molecule has 0 atom stereocenters. The van der Waals surface area contributed by atoms with Crippen molar-refractivity contribution in [1.29, 1.82) is 0 Å². The molecule has 2 aromatic rings. The van der Waals surface area contributed by atoms with E-state index in [4.69, 9.17) is 5.73 Å². The monoisotopic (exact) mass is 355 g/mol. The van der Waals surface area contributed by atoms with E-state index in [0.29, 0.717) is 11.8 Å². The van der Waals surface area contributed by atoms with Crippen molar-refractivity contribution in [1.82, 2.24) is 0 Å². The van der Waals surface area contributed by atoms with Gasteiger partial charge in [-0.1, -0.05) is 54.2 Å². The first kappa shape index (κ1) is 18.0. The number of thioether (sulfide) groups is 1. The normalized spacial score (nSPS) is 12.8. The number of rotatable bonds is 4. The van der Waals surface area contributed by atoms with Crippen LogP contribution in [0, 0.1) is 5.82 Å². The lowest BCUT2D eigenvalue weighted by Crippen LogP contribution is -2.09. The van der Waals surface area contributed by atoms with Gasteiger partial charge in [0.05, 0.1) is 11.8 Å². The van der Waals surface area contributed by atoms with Crippen molar-refractivity contribution in [3.8, 4) is 0 Å². The second kappa shape index (κ2) is 7.96. The number of benzene rings is 2. The summed E-state index contributed by atoms with van der Waals surface area (Å²) in [6, 6.07) is 12.4. The van der Waals surface area contributed by atoms with E-state index in [1.54, 1.807) is 0 Å². The third-order valence-corrected chi connectivity index (χ3v) is 3.77. The second-order valence-electron chi connectivity index (χ2n) is 4.66. The molecule has 0 aliphatic rings. The minimum absolute atomic E-state index is 0.127. The predicted octanol–water partition coefficient (Wildman–Crippen LogP) is 4.43. The number of amidine groups is 1. The Morgan fingerprint density at radius 1 is 1.08 bits per heavy atom. The van der Waals surface area contributed by atoms with Crippen molar-refractivity contribution < 1.29 is 17.6 Å². The van der Waals surface area contributed by atoms with Gasteiger partial charge in [-0.15, -0.1) is 5.10 Å². The zero-order valence-electron chi connectivity index (χ0n) is 12.3. The van der Waals surface area contributed by atoms with Crippen molar-refractivity contribution in [3.05, 3.63) is 71.0 Å². The van der Waals surface area contributed by atoms with Crippen LogP contribution < -0.4 is 5.73 Å². The Kier molecular flexibility index (Phi) is 5.97. The van der Waals surface area contributed by atoms with Gasteiger partial charge in [-0.3, -0.25) is 0 Å². The van der Waals surface area contributed by atoms with E-state index >= 15 is 0 Å². The fourth-order valence-corrected chi connectivity index (χ4v) is 2.39. The fraction of sp³-hybridized carbons (Fsp3) is 0.125. The Labute approximate surface area is 140 Å². The highest BCUT2D eigenvalue weighted by molar-refractivity contribution is 8.13. The molecule has 0 radical (unpaired) electrons. The smallest absolute Gasteiger partial charge is 0.377 e. The van der Waals surface area contributed by atoms with Crippen molar-refractivity contribution >= 4 is 23.1 Å². The van der Waals surface area contributed by atoms with Crippen molar-refractivity contribution in [3.63, 3.8) is 0 Å². The minimum Gasteiger partial charge on any atom is -0.377 e. The summed E-state index contributed by atoms with van der Waals surface area (Å²) >= 11 is 1.22. The Hall–Kier alpha value is -2.35. The van der Waals surface area contributed by atoms with Crippen LogP contribution in [0.15, 0.2) is 58.7 Å². The van der Waals surface area contributed by atoms with Crippen molar-refractivity contribution in [2.24, 2.45) is 15.9 Å². The third kappa shape index (κ3) is 5.09. The van der Waals surface area contributed by atoms with Gasteiger partial charge in [0.15, 0.2) is 5.17 Å². The van der Waals surface area contributed by atoms with Gasteiger partial charge >= 0.3 is 6.18 Å². The van der Waals surface area contributed by atoms with Gasteiger partial charge in [0.25, 0.3) is 0 Å². The summed E-state index contributed by atoms with van der Waals surface area (Å²) < 4.78 is 51.6. The molecule has 0 aromatic heterocycles. The second-order valence-corrected chi connectivity index (χ2v) is 5.66. The fourth-order valence-electron chi connectivity index (χ4n) is 1.78. The van der Waals surface area contributed by atoms with Gasteiger partial charge in [-0.2, -0.15) is 18.3 Å². The molecule has 8 heteroatoms. The summed E-state index contributed by atoms with van der Waals surface area (Å²) in [5.41, 5.74) is 5.03. The number of nitrogens with two attached hydrogens (primary N) is 1.